The predicted octanol–water partition coefficient (Wildman–Crippen LogP) is 3.54. The number of hydrogen-bond acceptors (Lipinski definition) is 3. The summed E-state index contributed by atoms with van der Waals surface area (Å²) in [6.45, 7) is 1.80. The summed E-state index contributed by atoms with van der Waals surface area (Å²) in [5, 5.41) is 13.1. The number of nitrogens with zero attached hydrogens (tertiary/aromatic N) is 4. The smallest absolute Gasteiger partial charge is 0.292 e. The van der Waals surface area contributed by atoms with Gasteiger partial charge in [-0.3, -0.25) is 9.69 Å². The van der Waals surface area contributed by atoms with E-state index in [2.05, 4.69) is 5.10 Å². The average molecular weight is 355 g/mol. The molecule has 1 atom stereocenters. The van der Waals surface area contributed by atoms with E-state index < -0.39 is 11.7 Å². The zero-order chi connectivity index (χ0) is 17.6. The third-order valence-corrected chi connectivity index (χ3v) is 4.08. The molecule has 24 heavy (non-hydrogen) atoms. The highest BCUT2D eigenvalue weighted by atomic mass is 35.5. The van der Waals surface area contributed by atoms with Crippen molar-refractivity contribution >= 4 is 23.3 Å². The van der Waals surface area contributed by atoms with Crippen molar-refractivity contribution in [2.45, 2.75) is 25.6 Å². The molecular weight excluding hydrogens is 345 g/mol. The molecule has 0 spiro atoms. The molecule has 1 amide bonds. The standard InChI is InChI=1S/C15H10ClF3N4O/c1-8-4-13(24)22(8)14-9(6-20)7-21-23(14)12-3-2-10(5-11(12)16)15(17,18)19/h2-3,5,7-8H,4H2,1H3. The maximum atomic E-state index is 12.8. The molecule has 0 aliphatic carbocycles. The first-order valence-corrected chi connectivity index (χ1v) is 7.29. The molecule has 1 aromatic carbocycles. The number of amides is 1. The maximum absolute atomic E-state index is 12.8. The molecule has 5 nitrogen and oxygen atoms in total. The molecule has 9 heteroatoms. The third-order valence-electron chi connectivity index (χ3n) is 3.78. The predicted molar refractivity (Wildman–Crippen MR) is 79.9 cm³/mol. The number of carbonyl (C=O) groups excluding carboxylic acids is 1. The Bertz CT molecular complexity index is 869. The van der Waals surface area contributed by atoms with Crippen molar-refractivity contribution in [3.63, 3.8) is 0 Å². The summed E-state index contributed by atoms with van der Waals surface area (Å²) < 4.78 is 39.5. The number of β-lactam (4-membered cyclic amide) rings is 1. The van der Waals surface area contributed by atoms with E-state index in [0.717, 1.165) is 18.2 Å². The van der Waals surface area contributed by atoms with Crippen LogP contribution >= 0.6 is 11.6 Å². The summed E-state index contributed by atoms with van der Waals surface area (Å²) in [5.41, 5.74) is -0.585. The second kappa shape index (κ2) is 5.53. The number of hydrogen-bond donors (Lipinski definition) is 0. The fourth-order valence-electron chi connectivity index (χ4n) is 2.59. The molecule has 0 radical (unpaired) electrons. The molecule has 1 saturated heterocycles. The van der Waals surface area contributed by atoms with Gasteiger partial charge in [-0.25, -0.2) is 4.68 Å². The van der Waals surface area contributed by atoms with Gasteiger partial charge in [0.05, 0.1) is 22.5 Å². The van der Waals surface area contributed by atoms with Crippen molar-refractivity contribution in [3.8, 4) is 11.8 Å². The Morgan fingerprint density at radius 3 is 2.62 bits per heavy atom. The van der Waals surface area contributed by atoms with Crippen molar-refractivity contribution in [2.24, 2.45) is 0 Å². The molecule has 0 N–H and O–H groups in total. The Labute approximate surface area is 139 Å². The van der Waals surface area contributed by atoms with Crippen LogP contribution in [0.5, 0.6) is 0 Å². The Balaban J connectivity index is 2.13. The van der Waals surface area contributed by atoms with E-state index in [1.807, 2.05) is 6.07 Å². The highest BCUT2D eigenvalue weighted by molar-refractivity contribution is 6.32. The number of alkyl halides is 3. The number of anilines is 1. The normalized spacial score (nSPS) is 17.6. The van der Waals surface area contributed by atoms with Gasteiger partial charge in [-0.2, -0.15) is 23.5 Å². The molecule has 124 valence electrons. The van der Waals surface area contributed by atoms with E-state index in [1.165, 1.54) is 15.8 Å². The largest absolute Gasteiger partial charge is 0.416 e. The number of rotatable bonds is 2. The molecule has 2 aromatic rings. The quantitative estimate of drug-likeness (QED) is 0.775. The molecule has 2 heterocycles. The summed E-state index contributed by atoms with van der Waals surface area (Å²) in [4.78, 5) is 13.2. The third kappa shape index (κ3) is 2.51. The van der Waals surface area contributed by atoms with Gasteiger partial charge in [0.15, 0.2) is 5.82 Å². The van der Waals surface area contributed by atoms with Crippen LogP contribution in [0.4, 0.5) is 19.0 Å². The van der Waals surface area contributed by atoms with Crippen LogP contribution in [0.2, 0.25) is 5.02 Å². The van der Waals surface area contributed by atoms with E-state index in [0.29, 0.717) is 6.42 Å². The first-order valence-electron chi connectivity index (χ1n) is 6.91. The van der Waals surface area contributed by atoms with Gasteiger partial charge < -0.3 is 0 Å². The summed E-state index contributed by atoms with van der Waals surface area (Å²) in [6.07, 6.45) is -2.94. The lowest BCUT2D eigenvalue weighted by Gasteiger charge is -2.38. The SMILES string of the molecule is CC1CC(=O)N1c1c(C#N)cnn1-c1ccc(C(F)(F)F)cc1Cl. The van der Waals surface area contributed by atoms with Gasteiger partial charge in [-0.15, -0.1) is 0 Å². The zero-order valence-electron chi connectivity index (χ0n) is 12.3. The van der Waals surface area contributed by atoms with Gasteiger partial charge in [-0.05, 0) is 25.1 Å². The molecule has 1 aliphatic rings. The number of aromatic nitrogens is 2. The Morgan fingerprint density at radius 2 is 2.12 bits per heavy atom. The molecule has 0 saturated carbocycles. The van der Waals surface area contributed by atoms with Crippen LogP contribution in [0.25, 0.3) is 5.69 Å². The molecule has 0 bridgehead atoms. The summed E-state index contributed by atoms with van der Waals surface area (Å²) in [5.74, 6) is 0.0201. The summed E-state index contributed by atoms with van der Waals surface area (Å²) in [6, 6.07) is 4.63. The maximum Gasteiger partial charge on any atom is 0.416 e. The van der Waals surface area contributed by atoms with E-state index in [1.54, 1.807) is 6.92 Å². The van der Waals surface area contributed by atoms with Crippen LogP contribution in [0.1, 0.15) is 24.5 Å². The van der Waals surface area contributed by atoms with E-state index in [4.69, 9.17) is 11.6 Å². The zero-order valence-corrected chi connectivity index (χ0v) is 13.1. The topological polar surface area (TPSA) is 61.9 Å². The van der Waals surface area contributed by atoms with Crippen LogP contribution in [0.15, 0.2) is 24.4 Å². The number of halogens is 4. The van der Waals surface area contributed by atoms with Gasteiger partial charge in [0, 0.05) is 12.5 Å². The van der Waals surface area contributed by atoms with Crippen molar-refractivity contribution in [1.82, 2.24) is 9.78 Å². The van der Waals surface area contributed by atoms with Gasteiger partial charge in [0.2, 0.25) is 5.91 Å². The van der Waals surface area contributed by atoms with Crippen molar-refractivity contribution in [3.05, 3.63) is 40.5 Å². The first-order chi connectivity index (χ1) is 11.2. The summed E-state index contributed by atoms with van der Waals surface area (Å²) >= 11 is 5.99. The lowest BCUT2D eigenvalue weighted by molar-refractivity contribution is -0.137. The Hall–Kier alpha value is -2.53. The van der Waals surface area contributed by atoms with Crippen molar-refractivity contribution < 1.29 is 18.0 Å². The van der Waals surface area contributed by atoms with Crippen LogP contribution in [-0.4, -0.2) is 21.7 Å². The van der Waals surface area contributed by atoms with Crippen molar-refractivity contribution in [1.29, 1.82) is 5.26 Å². The van der Waals surface area contributed by atoms with Gasteiger partial charge in [0.25, 0.3) is 0 Å². The minimum atomic E-state index is -4.52. The number of carbonyl (C=O) groups is 1. The minimum absolute atomic E-state index is 0.131. The van der Waals surface area contributed by atoms with Crippen LogP contribution < -0.4 is 4.90 Å². The fraction of sp³-hybridized carbons (Fsp3) is 0.267. The van der Waals surface area contributed by atoms with Gasteiger partial charge in [-0.1, -0.05) is 11.6 Å². The van der Waals surface area contributed by atoms with E-state index >= 15 is 0 Å². The number of benzene rings is 1. The molecule has 3 rings (SSSR count). The van der Waals surface area contributed by atoms with E-state index in [-0.39, 0.29) is 34.0 Å². The Morgan fingerprint density at radius 1 is 1.42 bits per heavy atom. The Kier molecular flexibility index (Phi) is 3.76. The second-order valence-corrected chi connectivity index (χ2v) is 5.79. The second-order valence-electron chi connectivity index (χ2n) is 5.39. The summed E-state index contributed by atoms with van der Waals surface area (Å²) in [7, 11) is 0. The monoisotopic (exact) mass is 354 g/mol. The fourth-order valence-corrected chi connectivity index (χ4v) is 2.85. The molecule has 1 aliphatic heterocycles. The highest BCUT2D eigenvalue weighted by Gasteiger charge is 2.38. The van der Waals surface area contributed by atoms with Gasteiger partial charge in [0.1, 0.15) is 11.6 Å². The lowest BCUT2D eigenvalue weighted by atomic mass is 10.0. The minimum Gasteiger partial charge on any atom is -0.292 e. The molecule has 1 fully saturated rings. The molecule has 1 aromatic heterocycles. The number of nitriles is 1. The highest BCUT2D eigenvalue weighted by Crippen LogP contribution is 2.36. The van der Waals surface area contributed by atoms with Gasteiger partial charge >= 0.3 is 6.18 Å². The lowest BCUT2D eigenvalue weighted by Crippen LogP contribution is -2.52. The molecular formula is C15H10ClF3N4O. The van der Waals surface area contributed by atoms with Crippen molar-refractivity contribution in [2.75, 3.05) is 4.90 Å². The van der Waals surface area contributed by atoms with Crippen LogP contribution in [0, 0.1) is 11.3 Å². The average Bonchev–Trinajstić information content (AvgIpc) is 2.89. The van der Waals surface area contributed by atoms with E-state index in [9.17, 15) is 23.2 Å². The first kappa shape index (κ1) is 16.3. The molecule has 1 unspecified atom stereocenters. The van der Waals surface area contributed by atoms with Crippen LogP contribution in [0.3, 0.4) is 0 Å². The van der Waals surface area contributed by atoms with Crippen LogP contribution in [-0.2, 0) is 11.0 Å².